The molecule has 142 valence electrons. The first-order chi connectivity index (χ1) is 11.4. The maximum absolute atomic E-state index is 12.2. The van der Waals surface area contributed by atoms with Crippen molar-refractivity contribution in [1.82, 2.24) is 14.9 Å². The summed E-state index contributed by atoms with van der Waals surface area (Å²) in [7, 11) is -3.62. The molecule has 0 radical (unpaired) electrons. The molecule has 1 saturated heterocycles. The minimum absolute atomic E-state index is 0. The molecular formula is C16H26ClN3O4S. The van der Waals surface area contributed by atoms with Gasteiger partial charge in [0, 0.05) is 38.6 Å². The Hall–Kier alpha value is -1.35. The molecule has 0 saturated carbocycles. The van der Waals surface area contributed by atoms with Crippen LogP contribution in [-0.4, -0.2) is 58.1 Å². The van der Waals surface area contributed by atoms with Gasteiger partial charge in [0.1, 0.15) is 5.75 Å². The van der Waals surface area contributed by atoms with Gasteiger partial charge in [-0.05, 0) is 38.1 Å². The number of rotatable bonds is 7. The SMILES string of the molecule is CCOc1ccc(S(=O)(=O)NCCC(=O)N2CCNCC2C)cc1.Cl. The van der Waals surface area contributed by atoms with Crippen LogP contribution in [0.5, 0.6) is 5.75 Å². The summed E-state index contributed by atoms with van der Waals surface area (Å²) in [6, 6.07) is 6.35. The standard InChI is InChI=1S/C16H25N3O4S.ClH/c1-3-23-14-4-6-15(7-5-14)24(21,22)18-9-8-16(20)19-11-10-17-12-13(19)2;/h4-7,13,17-18H,3,8-12H2,1-2H3;1H. The third-order valence-corrected chi connectivity index (χ3v) is 5.37. The minimum atomic E-state index is -3.62. The number of halogens is 1. The van der Waals surface area contributed by atoms with E-state index < -0.39 is 10.0 Å². The molecule has 1 heterocycles. The van der Waals surface area contributed by atoms with Crippen molar-refractivity contribution in [1.29, 1.82) is 0 Å². The van der Waals surface area contributed by atoms with E-state index in [1.807, 2.05) is 13.8 Å². The Labute approximate surface area is 155 Å². The Morgan fingerprint density at radius 1 is 1.36 bits per heavy atom. The highest BCUT2D eigenvalue weighted by atomic mass is 35.5. The summed E-state index contributed by atoms with van der Waals surface area (Å²) in [6.07, 6.45) is 0.153. The van der Waals surface area contributed by atoms with Crippen LogP contribution in [0.3, 0.4) is 0 Å². The maximum atomic E-state index is 12.2. The summed E-state index contributed by atoms with van der Waals surface area (Å²) in [6.45, 7) is 6.65. The molecule has 1 aliphatic heterocycles. The quantitative estimate of drug-likeness (QED) is 0.723. The number of amides is 1. The Bertz CT molecular complexity index is 652. The van der Waals surface area contributed by atoms with Gasteiger partial charge in [0.05, 0.1) is 11.5 Å². The lowest BCUT2D eigenvalue weighted by Crippen LogP contribution is -2.52. The summed E-state index contributed by atoms with van der Waals surface area (Å²) in [5, 5.41) is 3.22. The summed E-state index contributed by atoms with van der Waals surface area (Å²) >= 11 is 0. The van der Waals surface area contributed by atoms with Crippen molar-refractivity contribution >= 4 is 28.3 Å². The average Bonchev–Trinajstić information content (AvgIpc) is 2.56. The molecule has 0 aromatic heterocycles. The first-order valence-corrected chi connectivity index (χ1v) is 9.65. The zero-order valence-corrected chi connectivity index (χ0v) is 16.2. The van der Waals surface area contributed by atoms with Crippen LogP contribution in [0.4, 0.5) is 0 Å². The van der Waals surface area contributed by atoms with Gasteiger partial charge < -0.3 is 15.0 Å². The second-order valence-electron chi connectivity index (χ2n) is 5.69. The molecule has 1 unspecified atom stereocenters. The predicted molar refractivity (Wildman–Crippen MR) is 98.7 cm³/mol. The van der Waals surface area contributed by atoms with E-state index in [2.05, 4.69) is 10.0 Å². The highest BCUT2D eigenvalue weighted by molar-refractivity contribution is 7.89. The van der Waals surface area contributed by atoms with Crippen LogP contribution in [0.15, 0.2) is 29.2 Å². The van der Waals surface area contributed by atoms with Crippen LogP contribution in [0, 0.1) is 0 Å². The third-order valence-electron chi connectivity index (χ3n) is 3.90. The van der Waals surface area contributed by atoms with Crippen LogP contribution < -0.4 is 14.8 Å². The highest BCUT2D eigenvalue weighted by Crippen LogP contribution is 2.15. The molecule has 0 bridgehead atoms. The zero-order valence-electron chi connectivity index (χ0n) is 14.5. The second kappa shape index (κ2) is 9.96. The van der Waals surface area contributed by atoms with E-state index in [0.717, 1.165) is 13.1 Å². The first-order valence-electron chi connectivity index (χ1n) is 8.16. The van der Waals surface area contributed by atoms with Crippen molar-refractivity contribution in [3.05, 3.63) is 24.3 Å². The molecule has 1 aliphatic rings. The van der Waals surface area contributed by atoms with Crippen LogP contribution in [-0.2, 0) is 14.8 Å². The monoisotopic (exact) mass is 391 g/mol. The van der Waals surface area contributed by atoms with E-state index in [4.69, 9.17) is 4.74 Å². The van der Waals surface area contributed by atoms with E-state index in [0.29, 0.717) is 18.9 Å². The molecular weight excluding hydrogens is 366 g/mol. The summed E-state index contributed by atoms with van der Waals surface area (Å²) in [4.78, 5) is 14.1. The lowest BCUT2D eigenvalue weighted by atomic mass is 10.2. The number of benzene rings is 1. The highest BCUT2D eigenvalue weighted by Gasteiger charge is 2.23. The first kappa shape index (κ1) is 21.7. The lowest BCUT2D eigenvalue weighted by molar-refractivity contribution is -0.133. The molecule has 1 aromatic carbocycles. The fraction of sp³-hybridized carbons (Fsp3) is 0.562. The number of hydrogen-bond acceptors (Lipinski definition) is 5. The van der Waals surface area contributed by atoms with Gasteiger partial charge in [0.15, 0.2) is 0 Å². The van der Waals surface area contributed by atoms with Gasteiger partial charge in [-0.2, -0.15) is 0 Å². The van der Waals surface area contributed by atoms with Crippen LogP contribution in [0.1, 0.15) is 20.3 Å². The number of carbonyl (C=O) groups excluding carboxylic acids is 1. The van der Waals surface area contributed by atoms with Crippen LogP contribution in [0.25, 0.3) is 0 Å². The molecule has 7 nitrogen and oxygen atoms in total. The molecule has 1 atom stereocenters. The molecule has 2 rings (SSSR count). The molecule has 1 aromatic rings. The second-order valence-corrected chi connectivity index (χ2v) is 7.46. The van der Waals surface area contributed by atoms with E-state index >= 15 is 0 Å². The average molecular weight is 392 g/mol. The fourth-order valence-corrected chi connectivity index (χ4v) is 3.64. The minimum Gasteiger partial charge on any atom is -0.494 e. The Morgan fingerprint density at radius 2 is 2.04 bits per heavy atom. The third kappa shape index (κ3) is 6.14. The van der Waals surface area contributed by atoms with Gasteiger partial charge >= 0.3 is 0 Å². The smallest absolute Gasteiger partial charge is 0.240 e. The number of nitrogens with zero attached hydrogens (tertiary/aromatic N) is 1. The largest absolute Gasteiger partial charge is 0.494 e. The number of sulfonamides is 1. The zero-order chi connectivity index (χ0) is 17.6. The molecule has 1 fully saturated rings. The molecule has 9 heteroatoms. The van der Waals surface area contributed by atoms with Crippen LogP contribution >= 0.6 is 12.4 Å². The molecule has 0 aliphatic carbocycles. The number of hydrogen-bond donors (Lipinski definition) is 2. The fourth-order valence-electron chi connectivity index (χ4n) is 2.61. The normalized spacial score (nSPS) is 17.7. The van der Waals surface area contributed by atoms with Gasteiger partial charge in [0.25, 0.3) is 0 Å². The number of carbonyl (C=O) groups is 1. The van der Waals surface area contributed by atoms with Gasteiger partial charge in [-0.3, -0.25) is 4.79 Å². The van der Waals surface area contributed by atoms with Gasteiger partial charge in [-0.1, -0.05) is 0 Å². The van der Waals surface area contributed by atoms with Gasteiger partial charge in [-0.25, -0.2) is 13.1 Å². The summed E-state index contributed by atoms with van der Waals surface area (Å²) < 4.78 is 32.2. The topological polar surface area (TPSA) is 87.7 Å². The number of ether oxygens (including phenoxy) is 1. The predicted octanol–water partition coefficient (Wildman–Crippen LogP) is 0.996. The van der Waals surface area contributed by atoms with Crippen molar-refractivity contribution in [2.24, 2.45) is 0 Å². The number of piperazine rings is 1. The van der Waals surface area contributed by atoms with Crippen molar-refractivity contribution < 1.29 is 17.9 Å². The van der Waals surface area contributed by atoms with Crippen molar-refractivity contribution in [2.75, 3.05) is 32.8 Å². The van der Waals surface area contributed by atoms with Gasteiger partial charge in [-0.15, -0.1) is 12.4 Å². The van der Waals surface area contributed by atoms with Crippen molar-refractivity contribution in [3.63, 3.8) is 0 Å². The number of nitrogens with one attached hydrogen (secondary N) is 2. The van der Waals surface area contributed by atoms with E-state index in [1.165, 1.54) is 12.1 Å². The Balaban J connectivity index is 0.00000312. The molecule has 0 spiro atoms. The van der Waals surface area contributed by atoms with Gasteiger partial charge in [0.2, 0.25) is 15.9 Å². The Kier molecular flexibility index (Phi) is 8.64. The van der Waals surface area contributed by atoms with Crippen molar-refractivity contribution in [2.45, 2.75) is 31.2 Å². The van der Waals surface area contributed by atoms with E-state index in [1.54, 1.807) is 17.0 Å². The maximum Gasteiger partial charge on any atom is 0.240 e. The van der Waals surface area contributed by atoms with Crippen LogP contribution in [0.2, 0.25) is 0 Å². The van der Waals surface area contributed by atoms with E-state index in [9.17, 15) is 13.2 Å². The van der Waals surface area contributed by atoms with Crippen molar-refractivity contribution in [3.8, 4) is 5.75 Å². The molecule has 25 heavy (non-hydrogen) atoms. The van der Waals surface area contributed by atoms with E-state index in [-0.39, 0.29) is 42.2 Å². The Morgan fingerprint density at radius 3 is 2.64 bits per heavy atom. The summed E-state index contributed by atoms with van der Waals surface area (Å²) in [5.41, 5.74) is 0. The molecule has 2 N–H and O–H groups in total. The molecule has 1 amide bonds. The summed E-state index contributed by atoms with van der Waals surface area (Å²) in [5.74, 6) is 0.595. The lowest BCUT2D eigenvalue weighted by Gasteiger charge is -2.34.